The first-order valence-corrected chi connectivity index (χ1v) is 15.9. The van der Waals surface area contributed by atoms with Crippen molar-refractivity contribution in [2.24, 2.45) is 0 Å². The molecular formula is C44H26N4. The van der Waals surface area contributed by atoms with Crippen LogP contribution in [0.3, 0.4) is 0 Å². The smallest absolute Gasteiger partial charge is 0.0998 e. The summed E-state index contributed by atoms with van der Waals surface area (Å²) in [5.74, 6) is 0. The molecule has 0 N–H and O–H groups in total. The van der Waals surface area contributed by atoms with Crippen molar-refractivity contribution in [1.82, 2.24) is 9.13 Å². The van der Waals surface area contributed by atoms with Gasteiger partial charge in [-0.05, 0) is 71.8 Å². The maximum absolute atomic E-state index is 10.2. The lowest BCUT2D eigenvalue weighted by atomic mass is 9.90. The Morgan fingerprint density at radius 3 is 1.65 bits per heavy atom. The molecule has 0 unspecified atom stereocenters. The minimum absolute atomic E-state index is 0.624. The number of fused-ring (bicyclic) bond motifs is 6. The molecule has 7 aromatic carbocycles. The van der Waals surface area contributed by atoms with Crippen LogP contribution in [0.2, 0.25) is 0 Å². The van der Waals surface area contributed by atoms with Crippen LogP contribution in [-0.4, -0.2) is 9.13 Å². The lowest BCUT2D eigenvalue weighted by Crippen LogP contribution is -2.00. The molecule has 48 heavy (non-hydrogen) atoms. The van der Waals surface area contributed by atoms with Crippen LogP contribution in [0.1, 0.15) is 11.1 Å². The molecule has 0 aliphatic heterocycles. The molecule has 0 bridgehead atoms. The molecular weight excluding hydrogens is 585 g/mol. The van der Waals surface area contributed by atoms with Crippen molar-refractivity contribution in [3.05, 3.63) is 169 Å². The van der Waals surface area contributed by atoms with Crippen molar-refractivity contribution in [1.29, 1.82) is 10.5 Å². The van der Waals surface area contributed by atoms with Gasteiger partial charge in [0.2, 0.25) is 0 Å². The van der Waals surface area contributed by atoms with E-state index in [1.807, 2.05) is 48.5 Å². The van der Waals surface area contributed by atoms with Gasteiger partial charge in [-0.2, -0.15) is 10.5 Å². The zero-order chi connectivity index (χ0) is 32.2. The fraction of sp³-hybridized carbons (Fsp3) is 0. The molecule has 0 radical (unpaired) electrons. The molecule has 9 rings (SSSR count). The van der Waals surface area contributed by atoms with E-state index in [4.69, 9.17) is 0 Å². The normalized spacial score (nSPS) is 11.3. The van der Waals surface area contributed by atoms with Gasteiger partial charge in [0.25, 0.3) is 0 Å². The third kappa shape index (κ3) is 4.07. The quantitative estimate of drug-likeness (QED) is 0.199. The predicted molar refractivity (Wildman–Crippen MR) is 195 cm³/mol. The number of nitriles is 2. The number of aromatic nitrogens is 2. The minimum Gasteiger partial charge on any atom is -0.309 e. The summed E-state index contributed by atoms with van der Waals surface area (Å²) in [4.78, 5) is 0. The van der Waals surface area contributed by atoms with Crippen molar-refractivity contribution in [3.8, 4) is 45.8 Å². The van der Waals surface area contributed by atoms with Crippen LogP contribution in [0.25, 0.3) is 77.2 Å². The third-order valence-corrected chi connectivity index (χ3v) is 9.42. The van der Waals surface area contributed by atoms with Gasteiger partial charge in [-0.1, -0.05) is 97.1 Å². The zero-order valence-electron chi connectivity index (χ0n) is 25.8. The molecule has 0 spiro atoms. The van der Waals surface area contributed by atoms with Crippen molar-refractivity contribution in [3.63, 3.8) is 0 Å². The van der Waals surface area contributed by atoms with E-state index in [1.165, 1.54) is 10.8 Å². The molecule has 2 aromatic heterocycles. The summed E-state index contributed by atoms with van der Waals surface area (Å²) < 4.78 is 4.62. The Labute approximate surface area is 277 Å². The number of nitrogens with zero attached hydrogens (tertiary/aromatic N) is 4. The summed E-state index contributed by atoms with van der Waals surface area (Å²) in [6.45, 7) is 0. The molecule has 0 saturated carbocycles. The molecule has 0 aliphatic carbocycles. The summed E-state index contributed by atoms with van der Waals surface area (Å²) in [7, 11) is 0. The minimum atomic E-state index is 0.624. The largest absolute Gasteiger partial charge is 0.309 e. The number of benzene rings is 7. The first-order chi connectivity index (χ1) is 23.7. The second-order valence-corrected chi connectivity index (χ2v) is 12.0. The van der Waals surface area contributed by atoms with Gasteiger partial charge in [0.15, 0.2) is 0 Å². The van der Waals surface area contributed by atoms with E-state index < -0.39 is 0 Å². The van der Waals surface area contributed by atoms with E-state index in [-0.39, 0.29) is 0 Å². The van der Waals surface area contributed by atoms with Gasteiger partial charge in [0.1, 0.15) is 0 Å². The summed E-state index contributed by atoms with van der Waals surface area (Å²) in [6, 6.07) is 58.9. The molecule has 0 amide bonds. The predicted octanol–water partition coefficient (Wildman–Crippen LogP) is 11.0. The molecule has 4 heteroatoms. The van der Waals surface area contributed by atoms with Crippen LogP contribution in [0.15, 0.2) is 158 Å². The average Bonchev–Trinajstić information content (AvgIpc) is 3.67. The highest BCUT2D eigenvalue weighted by atomic mass is 15.0. The fourth-order valence-corrected chi connectivity index (χ4v) is 7.35. The molecule has 0 aliphatic rings. The second-order valence-electron chi connectivity index (χ2n) is 12.0. The first kappa shape index (κ1) is 27.4. The standard InChI is InChI=1S/C44H26N4/c45-27-29-20-25-42-38(26-29)36-14-5-8-18-41(36)48(42)43-19-9-15-37(33-11-2-1-10-31(33)28-46)44(43)30-21-23-32(24-22-30)47-39-16-6-3-12-34(39)35-13-4-7-17-40(35)47/h1-26H. The van der Waals surface area contributed by atoms with E-state index in [0.29, 0.717) is 11.1 Å². The number of para-hydroxylation sites is 3. The Kier molecular flexibility index (Phi) is 6.22. The van der Waals surface area contributed by atoms with Crippen LogP contribution in [0.5, 0.6) is 0 Å². The SMILES string of the molecule is N#Cc1ccc2c(c1)c1ccccc1n2-c1cccc(-c2ccccc2C#N)c1-c1ccc(-n2c3ccccc3c3ccccc32)cc1. The van der Waals surface area contributed by atoms with Gasteiger partial charge >= 0.3 is 0 Å². The maximum Gasteiger partial charge on any atom is 0.0998 e. The van der Waals surface area contributed by atoms with E-state index in [0.717, 1.165) is 66.5 Å². The van der Waals surface area contributed by atoms with E-state index in [9.17, 15) is 10.5 Å². The van der Waals surface area contributed by atoms with Crippen LogP contribution in [0, 0.1) is 22.7 Å². The highest BCUT2D eigenvalue weighted by Crippen LogP contribution is 2.42. The molecule has 0 fully saturated rings. The van der Waals surface area contributed by atoms with Gasteiger partial charge in [0.05, 0.1) is 51.0 Å². The van der Waals surface area contributed by atoms with Crippen molar-refractivity contribution < 1.29 is 0 Å². The van der Waals surface area contributed by atoms with Gasteiger partial charge in [-0.15, -0.1) is 0 Å². The monoisotopic (exact) mass is 610 g/mol. The van der Waals surface area contributed by atoms with Crippen molar-refractivity contribution >= 4 is 43.6 Å². The lowest BCUT2D eigenvalue weighted by Gasteiger charge is -2.19. The Hall–Kier alpha value is -6.88. The van der Waals surface area contributed by atoms with Crippen molar-refractivity contribution in [2.75, 3.05) is 0 Å². The molecule has 2 heterocycles. The highest BCUT2D eigenvalue weighted by Gasteiger charge is 2.21. The Bertz CT molecular complexity index is 2750. The lowest BCUT2D eigenvalue weighted by molar-refractivity contribution is 1.17. The van der Waals surface area contributed by atoms with E-state index in [2.05, 4.69) is 130 Å². The summed E-state index contributed by atoms with van der Waals surface area (Å²) in [6.07, 6.45) is 0. The number of hydrogen-bond acceptors (Lipinski definition) is 2. The Balaban J connectivity index is 1.33. The third-order valence-electron chi connectivity index (χ3n) is 9.42. The second kappa shape index (κ2) is 10.9. The van der Waals surface area contributed by atoms with Gasteiger partial charge in [-0.3, -0.25) is 0 Å². The van der Waals surface area contributed by atoms with Gasteiger partial charge < -0.3 is 9.13 Å². The first-order valence-electron chi connectivity index (χ1n) is 15.9. The average molecular weight is 611 g/mol. The summed E-state index contributed by atoms with van der Waals surface area (Å²) in [5.41, 5.74) is 11.7. The zero-order valence-corrected chi connectivity index (χ0v) is 25.8. The number of rotatable bonds is 4. The summed E-state index contributed by atoms with van der Waals surface area (Å²) in [5, 5.41) is 24.4. The molecule has 0 saturated heterocycles. The van der Waals surface area contributed by atoms with Crippen LogP contribution < -0.4 is 0 Å². The van der Waals surface area contributed by atoms with E-state index in [1.54, 1.807) is 0 Å². The number of hydrogen-bond donors (Lipinski definition) is 0. The maximum atomic E-state index is 10.2. The molecule has 0 atom stereocenters. The van der Waals surface area contributed by atoms with Crippen LogP contribution >= 0.6 is 0 Å². The van der Waals surface area contributed by atoms with Gasteiger partial charge in [0, 0.05) is 38.4 Å². The van der Waals surface area contributed by atoms with Crippen LogP contribution in [0.4, 0.5) is 0 Å². The van der Waals surface area contributed by atoms with E-state index >= 15 is 0 Å². The highest BCUT2D eigenvalue weighted by molar-refractivity contribution is 6.11. The Morgan fingerprint density at radius 1 is 0.417 bits per heavy atom. The fourth-order valence-electron chi connectivity index (χ4n) is 7.35. The van der Waals surface area contributed by atoms with Crippen molar-refractivity contribution in [2.45, 2.75) is 0 Å². The van der Waals surface area contributed by atoms with Gasteiger partial charge in [-0.25, -0.2) is 0 Å². The molecule has 4 nitrogen and oxygen atoms in total. The topological polar surface area (TPSA) is 57.4 Å². The molecule has 9 aromatic rings. The summed E-state index contributed by atoms with van der Waals surface area (Å²) >= 11 is 0. The van der Waals surface area contributed by atoms with Crippen LogP contribution in [-0.2, 0) is 0 Å². The molecule has 222 valence electrons. The Morgan fingerprint density at radius 2 is 0.979 bits per heavy atom.